The standard InChI is InChI=1S/C18H21FN2O4S/c1-12-9-15(7-8-17(12)19)20-18(22)14-5-4-6-16(10-14)26(23,24)21-13(2)11-25-3/h4-10,13,21H,11H2,1-3H3,(H,20,22). The van der Waals surface area contributed by atoms with E-state index in [-0.39, 0.29) is 22.9 Å². The van der Waals surface area contributed by atoms with Gasteiger partial charge in [0.1, 0.15) is 5.82 Å². The lowest BCUT2D eigenvalue weighted by atomic mass is 10.2. The van der Waals surface area contributed by atoms with Gasteiger partial charge in [-0.15, -0.1) is 0 Å². The van der Waals surface area contributed by atoms with Crippen LogP contribution < -0.4 is 10.0 Å². The Morgan fingerprint density at radius 1 is 1.23 bits per heavy atom. The molecule has 2 aromatic carbocycles. The Bertz CT molecular complexity index is 900. The van der Waals surface area contributed by atoms with Crippen LogP contribution in [0.25, 0.3) is 0 Å². The first-order valence-electron chi connectivity index (χ1n) is 7.92. The van der Waals surface area contributed by atoms with Crippen LogP contribution in [0.5, 0.6) is 0 Å². The van der Waals surface area contributed by atoms with E-state index in [1.807, 2.05) is 0 Å². The highest BCUT2D eigenvalue weighted by atomic mass is 32.2. The molecule has 0 spiro atoms. The predicted molar refractivity (Wildman–Crippen MR) is 97.2 cm³/mol. The average molecular weight is 380 g/mol. The third-order valence-electron chi connectivity index (χ3n) is 3.60. The molecule has 2 N–H and O–H groups in total. The van der Waals surface area contributed by atoms with Gasteiger partial charge in [0.05, 0.1) is 11.5 Å². The van der Waals surface area contributed by atoms with Crippen LogP contribution in [0.2, 0.25) is 0 Å². The van der Waals surface area contributed by atoms with Gasteiger partial charge in [0, 0.05) is 24.4 Å². The Balaban J connectivity index is 2.19. The van der Waals surface area contributed by atoms with Crippen LogP contribution in [0.4, 0.5) is 10.1 Å². The zero-order chi connectivity index (χ0) is 19.3. The van der Waals surface area contributed by atoms with E-state index in [2.05, 4.69) is 10.0 Å². The van der Waals surface area contributed by atoms with Crippen LogP contribution in [0, 0.1) is 12.7 Å². The van der Waals surface area contributed by atoms with Gasteiger partial charge in [0.25, 0.3) is 5.91 Å². The number of rotatable bonds is 7. The second-order valence-electron chi connectivity index (χ2n) is 5.92. The first kappa shape index (κ1) is 20.0. The fraction of sp³-hybridized carbons (Fsp3) is 0.278. The van der Waals surface area contributed by atoms with Gasteiger partial charge >= 0.3 is 0 Å². The van der Waals surface area contributed by atoms with Crippen LogP contribution >= 0.6 is 0 Å². The molecule has 0 radical (unpaired) electrons. The summed E-state index contributed by atoms with van der Waals surface area (Å²) in [5, 5.41) is 2.63. The number of nitrogens with one attached hydrogen (secondary N) is 2. The number of hydrogen-bond acceptors (Lipinski definition) is 4. The Morgan fingerprint density at radius 2 is 1.96 bits per heavy atom. The summed E-state index contributed by atoms with van der Waals surface area (Å²) in [7, 11) is -2.30. The molecule has 2 aromatic rings. The summed E-state index contributed by atoms with van der Waals surface area (Å²) in [5.74, 6) is -0.856. The SMILES string of the molecule is COCC(C)NS(=O)(=O)c1cccc(C(=O)Nc2ccc(F)c(C)c2)c1. The van der Waals surface area contributed by atoms with Crippen molar-refractivity contribution in [1.29, 1.82) is 0 Å². The maximum atomic E-state index is 13.3. The highest BCUT2D eigenvalue weighted by Gasteiger charge is 2.19. The lowest BCUT2D eigenvalue weighted by Gasteiger charge is -2.14. The lowest BCUT2D eigenvalue weighted by Crippen LogP contribution is -2.35. The van der Waals surface area contributed by atoms with Gasteiger partial charge in [-0.2, -0.15) is 0 Å². The number of aryl methyl sites for hydroxylation is 1. The number of amides is 1. The topological polar surface area (TPSA) is 84.5 Å². The summed E-state index contributed by atoms with van der Waals surface area (Å²) in [4.78, 5) is 12.3. The lowest BCUT2D eigenvalue weighted by molar-refractivity contribution is 0.102. The summed E-state index contributed by atoms with van der Waals surface area (Å²) in [6.45, 7) is 3.49. The van der Waals surface area contributed by atoms with Crippen LogP contribution in [0.1, 0.15) is 22.8 Å². The number of anilines is 1. The number of benzene rings is 2. The molecule has 0 aliphatic heterocycles. The van der Waals surface area contributed by atoms with Gasteiger partial charge in [-0.05, 0) is 55.8 Å². The smallest absolute Gasteiger partial charge is 0.255 e. The fourth-order valence-corrected chi connectivity index (χ4v) is 3.62. The molecule has 0 saturated heterocycles. The molecule has 0 aliphatic carbocycles. The minimum atomic E-state index is -3.78. The molecule has 1 atom stereocenters. The van der Waals surface area contributed by atoms with Gasteiger partial charge in [-0.3, -0.25) is 4.79 Å². The number of hydrogen-bond donors (Lipinski definition) is 2. The van der Waals surface area contributed by atoms with Gasteiger partial charge < -0.3 is 10.1 Å². The average Bonchev–Trinajstić information content (AvgIpc) is 2.58. The Hall–Kier alpha value is -2.29. The summed E-state index contributed by atoms with van der Waals surface area (Å²) < 4.78 is 45.5. The first-order valence-corrected chi connectivity index (χ1v) is 9.40. The molecule has 0 saturated carbocycles. The normalized spacial score (nSPS) is 12.6. The molecule has 0 bridgehead atoms. The van der Waals surface area contributed by atoms with Crippen molar-refractivity contribution in [2.24, 2.45) is 0 Å². The molecule has 140 valence electrons. The highest BCUT2D eigenvalue weighted by Crippen LogP contribution is 2.17. The molecule has 0 heterocycles. The minimum Gasteiger partial charge on any atom is -0.383 e. The molecule has 0 fully saturated rings. The Kier molecular flexibility index (Phi) is 6.47. The van der Waals surface area contributed by atoms with Crippen molar-refractivity contribution in [3.05, 3.63) is 59.4 Å². The van der Waals surface area contributed by atoms with Gasteiger partial charge in [0.2, 0.25) is 10.0 Å². The van der Waals surface area contributed by atoms with Crippen LogP contribution in [-0.2, 0) is 14.8 Å². The highest BCUT2D eigenvalue weighted by molar-refractivity contribution is 7.89. The molecule has 8 heteroatoms. The van der Waals surface area contributed by atoms with Crippen molar-refractivity contribution < 1.29 is 22.3 Å². The van der Waals surface area contributed by atoms with Gasteiger partial charge in [0.15, 0.2) is 0 Å². The molecular weight excluding hydrogens is 359 g/mol. The van der Waals surface area contributed by atoms with Crippen LogP contribution in [0.3, 0.4) is 0 Å². The quantitative estimate of drug-likeness (QED) is 0.774. The number of carbonyl (C=O) groups is 1. The van der Waals surface area contributed by atoms with E-state index in [0.717, 1.165) is 0 Å². The number of methoxy groups -OCH3 is 1. The van der Waals surface area contributed by atoms with E-state index < -0.39 is 22.0 Å². The third kappa shape index (κ3) is 5.10. The number of halogens is 1. The molecule has 26 heavy (non-hydrogen) atoms. The number of sulfonamides is 1. The van der Waals surface area contributed by atoms with Gasteiger partial charge in [-0.1, -0.05) is 6.07 Å². The van der Waals surface area contributed by atoms with E-state index >= 15 is 0 Å². The maximum absolute atomic E-state index is 13.3. The summed E-state index contributed by atoms with van der Waals surface area (Å²) in [6, 6.07) is 9.46. The maximum Gasteiger partial charge on any atom is 0.255 e. The van der Waals surface area contributed by atoms with Crippen molar-refractivity contribution in [2.75, 3.05) is 19.0 Å². The summed E-state index contributed by atoms with van der Waals surface area (Å²) in [6.07, 6.45) is 0. The zero-order valence-electron chi connectivity index (χ0n) is 14.7. The van der Waals surface area contributed by atoms with Crippen molar-refractivity contribution in [3.63, 3.8) is 0 Å². The number of ether oxygens (including phenoxy) is 1. The van der Waals surface area contributed by atoms with Crippen molar-refractivity contribution in [2.45, 2.75) is 24.8 Å². The monoisotopic (exact) mass is 380 g/mol. The number of carbonyl (C=O) groups excluding carboxylic acids is 1. The van der Waals surface area contributed by atoms with Crippen LogP contribution in [0.15, 0.2) is 47.4 Å². The largest absolute Gasteiger partial charge is 0.383 e. The minimum absolute atomic E-state index is 0.0246. The van der Waals surface area contributed by atoms with Crippen molar-refractivity contribution in [1.82, 2.24) is 4.72 Å². The van der Waals surface area contributed by atoms with E-state index in [1.165, 1.54) is 49.6 Å². The summed E-state index contributed by atoms with van der Waals surface area (Å²) >= 11 is 0. The predicted octanol–water partition coefficient (Wildman–Crippen LogP) is 2.70. The van der Waals surface area contributed by atoms with E-state index in [1.54, 1.807) is 13.8 Å². The third-order valence-corrected chi connectivity index (χ3v) is 5.18. The zero-order valence-corrected chi connectivity index (χ0v) is 15.6. The first-order chi connectivity index (χ1) is 12.2. The van der Waals surface area contributed by atoms with Gasteiger partial charge in [-0.25, -0.2) is 17.5 Å². The van der Waals surface area contributed by atoms with E-state index in [4.69, 9.17) is 4.74 Å². The van der Waals surface area contributed by atoms with E-state index in [0.29, 0.717) is 11.3 Å². The van der Waals surface area contributed by atoms with E-state index in [9.17, 15) is 17.6 Å². The molecule has 2 rings (SSSR count). The molecule has 0 aromatic heterocycles. The molecule has 1 unspecified atom stereocenters. The summed E-state index contributed by atoms with van der Waals surface area (Å²) in [5.41, 5.74) is 0.999. The molecule has 0 aliphatic rings. The van der Waals surface area contributed by atoms with Crippen molar-refractivity contribution >= 4 is 21.6 Å². The Morgan fingerprint density at radius 3 is 2.62 bits per heavy atom. The fourth-order valence-electron chi connectivity index (χ4n) is 2.35. The second kappa shape index (κ2) is 8.39. The Labute approximate surface area is 152 Å². The molecule has 1 amide bonds. The second-order valence-corrected chi connectivity index (χ2v) is 7.64. The van der Waals surface area contributed by atoms with Crippen molar-refractivity contribution in [3.8, 4) is 0 Å². The van der Waals surface area contributed by atoms with Crippen LogP contribution in [-0.4, -0.2) is 34.1 Å². The molecular formula is C18H21FN2O4S. The molecule has 6 nitrogen and oxygen atoms in total.